The van der Waals surface area contributed by atoms with Gasteiger partial charge >= 0.3 is 0 Å². The van der Waals surface area contributed by atoms with Crippen molar-refractivity contribution in [1.82, 2.24) is 9.88 Å². The molecule has 0 fully saturated rings. The van der Waals surface area contributed by atoms with Crippen molar-refractivity contribution in [3.8, 4) is 5.75 Å². The minimum atomic E-state index is -0.411. The number of non-ortho nitro benzene ring substituents is 1. The molecule has 0 spiro atoms. The molecule has 5 rings (SSSR count). The number of rotatable bonds is 10. The summed E-state index contributed by atoms with van der Waals surface area (Å²) in [7, 11) is 1.65. The fourth-order valence-corrected chi connectivity index (χ4v) is 4.90. The molecule has 0 bridgehead atoms. The van der Waals surface area contributed by atoms with Crippen LogP contribution in [0.25, 0.3) is 10.9 Å². The number of nitro groups is 1. The molecule has 1 unspecified atom stereocenters. The first kappa shape index (κ1) is 25.7. The van der Waals surface area contributed by atoms with E-state index in [-0.39, 0.29) is 23.9 Å². The molecule has 1 amide bonds. The molecule has 5 aromatic rings. The summed E-state index contributed by atoms with van der Waals surface area (Å²) in [6, 6.07) is 32.4. The molecule has 1 heterocycles. The van der Waals surface area contributed by atoms with Gasteiger partial charge in [-0.3, -0.25) is 14.9 Å². The van der Waals surface area contributed by atoms with E-state index in [0.717, 1.165) is 38.9 Å². The Labute approximate surface area is 226 Å². The van der Waals surface area contributed by atoms with E-state index < -0.39 is 4.92 Å². The summed E-state index contributed by atoms with van der Waals surface area (Å²) in [5, 5.41) is 15.4. The van der Waals surface area contributed by atoms with Crippen LogP contribution in [0.2, 0.25) is 0 Å². The summed E-state index contributed by atoms with van der Waals surface area (Å²) >= 11 is 0. The number of fused-ring (bicyclic) bond motifs is 1. The third kappa shape index (κ3) is 5.99. The highest BCUT2D eigenvalue weighted by Gasteiger charge is 2.23. The van der Waals surface area contributed by atoms with Crippen LogP contribution in [-0.4, -0.2) is 22.5 Å². The lowest BCUT2D eigenvalue weighted by molar-refractivity contribution is -0.384. The summed E-state index contributed by atoms with van der Waals surface area (Å²) in [6.07, 6.45) is 2.31. The Morgan fingerprint density at radius 1 is 0.897 bits per heavy atom. The molecule has 39 heavy (non-hydrogen) atoms. The number of hydrogen-bond donors (Lipinski definition) is 1. The first-order valence-corrected chi connectivity index (χ1v) is 12.8. The van der Waals surface area contributed by atoms with Crippen LogP contribution in [0.4, 0.5) is 5.69 Å². The Bertz CT molecular complexity index is 1580. The fourth-order valence-electron chi connectivity index (χ4n) is 4.90. The molecule has 0 aliphatic heterocycles. The Balaban J connectivity index is 1.50. The number of methoxy groups -OCH3 is 1. The lowest BCUT2D eigenvalue weighted by Crippen LogP contribution is -2.25. The van der Waals surface area contributed by atoms with Gasteiger partial charge in [-0.15, -0.1) is 0 Å². The number of nitrogens with zero attached hydrogens (tertiary/aromatic N) is 2. The van der Waals surface area contributed by atoms with Crippen molar-refractivity contribution in [3.05, 3.63) is 142 Å². The highest BCUT2D eigenvalue weighted by atomic mass is 16.6. The molecule has 0 radical (unpaired) electrons. The van der Waals surface area contributed by atoms with Gasteiger partial charge in [0.25, 0.3) is 5.69 Å². The summed E-state index contributed by atoms with van der Waals surface area (Å²) in [6.45, 7) is 1.09. The third-order valence-corrected chi connectivity index (χ3v) is 6.94. The van der Waals surface area contributed by atoms with E-state index >= 15 is 0 Å². The van der Waals surface area contributed by atoms with E-state index in [2.05, 4.69) is 28.2 Å². The molecule has 4 aromatic carbocycles. The predicted molar refractivity (Wildman–Crippen MR) is 152 cm³/mol. The first-order valence-electron chi connectivity index (χ1n) is 12.8. The predicted octanol–water partition coefficient (Wildman–Crippen LogP) is 6.44. The second kappa shape index (κ2) is 11.6. The summed E-state index contributed by atoms with van der Waals surface area (Å²) in [5.74, 6) is 0.425. The Morgan fingerprint density at radius 3 is 2.28 bits per heavy atom. The van der Waals surface area contributed by atoms with Crippen LogP contribution < -0.4 is 10.1 Å². The van der Waals surface area contributed by atoms with Crippen molar-refractivity contribution in [2.45, 2.75) is 25.4 Å². The Kier molecular flexibility index (Phi) is 7.68. The number of carbonyl (C=O) groups is 1. The summed E-state index contributed by atoms with van der Waals surface area (Å²) in [5.41, 5.74) is 5.07. The molecule has 0 aliphatic rings. The van der Waals surface area contributed by atoms with Crippen LogP contribution in [0.1, 0.15) is 34.6 Å². The number of carbonyl (C=O) groups excluding carboxylic acids is 1. The highest BCUT2D eigenvalue weighted by Crippen LogP contribution is 2.36. The first-order chi connectivity index (χ1) is 19.0. The zero-order valence-electron chi connectivity index (χ0n) is 21.6. The number of para-hydroxylation sites is 1. The lowest BCUT2D eigenvalue weighted by Gasteiger charge is -2.17. The molecular weight excluding hydrogens is 490 g/mol. The quantitative estimate of drug-likeness (QED) is 0.170. The fraction of sp³-hybridized carbons (Fsp3) is 0.156. The normalized spacial score (nSPS) is 11.7. The number of nitro benzene ring substituents is 1. The average molecular weight is 520 g/mol. The molecule has 196 valence electrons. The largest absolute Gasteiger partial charge is 0.497 e. The summed E-state index contributed by atoms with van der Waals surface area (Å²) < 4.78 is 7.48. The topological polar surface area (TPSA) is 86.4 Å². The number of nitrogens with one attached hydrogen (secondary N) is 1. The maximum Gasteiger partial charge on any atom is 0.269 e. The van der Waals surface area contributed by atoms with Crippen molar-refractivity contribution >= 4 is 22.5 Å². The molecule has 7 nitrogen and oxygen atoms in total. The molecular formula is C32H29N3O4. The van der Waals surface area contributed by atoms with Gasteiger partial charge in [0.1, 0.15) is 5.75 Å². The molecule has 1 atom stereocenters. The lowest BCUT2D eigenvalue weighted by atomic mass is 9.88. The molecule has 0 saturated heterocycles. The molecule has 0 saturated carbocycles. The maximum absolute atomic E-state index is 13.2. The maximum atomic E-state index is 13.2. The van der Waals surface area contributed by atoms with E-state index in [9.17, 15) is 14.9 Å². The molecule has 1 N–H and O–H groups in total. The third-order valence-electron chi connectivity index (χ3n) is 6.94. The van der Waals surface area contributed by atoms with Crippen molar-refractivity contribution in [2.24, 2.45) is 0 Å². The second-order valence-corrected chi connectivity index (χ2v) is 9.45. The number of benzene rings is 4. The van der Waals surface area contributed by atoms with Gasteiger partial charge in [-0.05, 0) is 40.5 Å². The van der Waals surface area contributed by atoms with E-state index in [1.165, 1.54) is 12.1 Å². The zero-order chi connectivity index (χ0) is 27.2. The van der Waals surface area contributed by atoms with Gasteiger partial charge in [0.2, 0.25) is 5.91 Å². The summed E-state index contributed by atoms with van der Waals surface area (Å²) in [4.78, 5) is 24.1. The minimum Gasteiger partial charge on any atom is -0.497 e. The zero-order valence-corrected chi connectivity index (χ0v) is 21.6. The van der Waals surface area contributed by atoms with Gasteiger partial charge < -0.3 is 14.6 Å². The van der Waals surface area contributed by atoms with Crippen molar-refractivity contribution < 1.29 is 14.5 Å². The van der Waals surface area contributed by atoms with Gasteiger partial charge in [0, 0.05) is 54.7 Å². The van der Waals surface area contributed by atoms with Crippen molar-refractivity contribution in [1.29, 1.82) is 0 Å². The van der Waals surface area contributed by atoms with E-state index in [0.29, 0.717) is 13.1 Å². The van der Waals surface area contributed by atoms with Gasteiger partial charge in [-0.1, -0.05) is 72.8 Å². The standard InChI is InChI=1S/C32H29N3O4/c1-39-27-17-11-24(12-18-27)21-34-22-30(28-9-5-6-10-31(28)34)29(25-13-15-26(16-14-25)35(37)38)19-32(36)33-20-23-7-3-2-4-8-23/h2-18,22,29H,19-21H2,1H3,(H,33,36). The average Bonchev–Trinajstić information content (AvgIpc) is 3.33. The molecule has 0 aliphatic carbocycles. The number of hydrogen-bond acceptors (Lipinski definition) is 4. The Morgan fingerprint density at radius 2 is 1.59 bits per heavy atom. The van der Waals surface area contributed by atoms with E-state index in [1.54, 1.807) is 19.2 Å². The van der Waals surface area contributed by atoms with Gasteiger partial charge in [0.15, 0.2) is 0 Å². The van der Waals surface area contributed by atoms with Crippen molar-refractivity contribution in [3.63, 3.8) is 0 Å². The highest BCUT2D eigenvalue weighted by molar-refractivity contribution is 5.87. The number of aromatic nitrogens is 1. The number of amides is 1. The SMILES string of the molecule is COc1ccc(Cn2cc(C(CC(=O)NCc3ccccc3)c3ccc([N+](=O)[O-])cc3)c3ccccc32)cc1. The molecule has 1 aromatic heterocycles. The van der Waals surface area contributed by atoms with Crippen LogP contribution in [-0.2, 0) is 17.9 Å². The van der Waals surface area contributed by atoms with Crippen LogP contribution in [0.15, 0.2) is 109 Å². The van der Waals surface area contributed by atoms with Crippen LogP contribution in [0.3, 0.4) is 0 Å². The van der Waals surface area contributed by atoms with E-state index in [4.69, 9.17) is 4.74 Å². The smallest absolute Gasteiger partial charge is 0.269 e. The van der Waals surface area contributed by atoms with Gasteiger partial charge in [-0.25, -0.2) is 0 Å². The second-order valence-electron chi connectivity index (χ2n) is 9.45. The van der Waals surface area contributed by atoms with Gasteiger partial charge in [-0.2, -0.15) is 0 Å². The number of ether oxygens (including phenoxy) is 1. The minimum absolute atomic E-state index is 0.0213. The van der Waals surface area contributed by atoms with E-state index in [1.807, 2.05) is 66.7 Å². The molecule has 7 heteroatoms. The Hall–Kier alpha value is -4.91. The van der Waals surface area contributed by atoms with Crippen molar-refractivity contribution in [2.75, 3.05) is 7.11 Å². The monoisotopic (exact) mass is 519 g/mol. The van der Waals surface area contributed by atoms with Crippen LogP contribution >= 0.6 is 0 Å². The van der Waals surface area contributed by atoms with Crippen LogP contribution in [0.5, 0.6) is 5.75 Å². The van der Waals surface area contributed by atoms with Crippen LogP contribution in [0, 0.1) is 10.1 Å². The van der Waals surface area contributed by atoms with Gasteiger partial charge in [0.05, 0.1) is 12.0 Å².